The lowest BCUT2D eigenvalue weighted by Gasteiger charge is -2.07. The Hall–Kier alpha value is -1.78. The molecule has 13 heavy (non-hydrogen) atoms. The molecule has 0 bridgehead atoms. The van der Waals surface area contributed by atoms with Crippen LogP contribution in [0.5, 0.6) is 0 Å². The van der Waals surface area contributed by atoms with Gasteiger partial charge < -0.3 is 0 Å². The molecule has 3 rings (SSSR count). The van der Waals surface area contributed by atoms with Crippen LogP contribution in [0.1, 0.15) is 11.1 Å². The Kier molecular flexibility index (Phi) is 1.21. The minimum Gasteiger partial charge on any atom is -0.120 e. The van der Waals surface area contributed by atoms with Crippen LogP contribution in [0, 0.1) is 0 Å². The highest BCUT2D eigenvalue weighted by Gasteiger charge is 2.03. The van der Waals surface area contributed by atoms with Gasteiger partial charge in [-0.15, -0.1) is 5.73 Å². The molecular formula is C13H8. The van der Waals surface area contributed by atoms with Gasteiger partial charge in [0.05, 0.1) is 0 Å². The maximum Gasteiger partial charge on any atom is -0.00264 e. The molecule has 2 aromatic rings. The summed E-state index contributed by atoms with van der Waals surface area (Å²) >= 11 is 0. The smallest absolute Gasteiger partial charge is 0.00264 e. The van der Waals surface area contributed by atoms with Gasteiger partial charge in [0.25, 0.3) is 0 Å². The third-order valence-electron chi connectivity index (χ3n) is 2.45. The highest BCUT2D eigenvalue weighted by Crippen LogP contribution is 2.26. The van der Waals surface area contributed by atoms with Crippen LogP contribution in [0.3, 0.4) is 0 Å². The van der Waals surface area contributed by atoms with E-state index in [1.54, 1.807) is 0 Å². The van der Waals surface area contributed by atoms with Crippen molar-refractivity contribution in [2.24, 2.45) is 0 Å². The summed E-state index contributed by atoms with van der Waals surface area (Å²) in [5, 5.41) is 2.66. The van der Waals surface area contributed by atoms with Crippen molar-refractivity contribution in [1.82, 2.24) is 0 Å². The molecule has 1 aliphatic carbocycles. The third-order valence-corrected chi connectivity index (χ3v) is 2.45. The number of hydrogen-bond donors (Lipinski definition) is 0. The summed E-state index contributed by atoms with van der Waals surface area (Å²) in [6.07, 6.45) is 4.07. The van der Waals surface area contributed by atoms with Crippen LogP contribution in [-0.4, -0.2) is 0 Å². The first-order valence-electron chi connectivity index (χ1n) is 4.39. The van der Waals surface area contributed by atoms with Crippen molar-refractivity contribution >= 4 is 22.9 Å². The predicted molar refractivity (Wildman–Crippen MR) is 56.4 cm³/mol. The summed E-state index contributed by atoms with van der Waals surface area (Å²) in [6.45, 7) is 0. The van der Waals surface area contributed by atoms with Crippen molar-refractivity contribution in [2.75, 3.05) is 0 Å². The predicted octanol–water partition coefficient (Wildman–Crippen LogP) is 3.48. The van der Waals surface area contributed by atoms with E-state index in [0.717, 1.165) is 0 Å². The van der Waals surface area contributed by atoms with Crippen LogP contribution in [-0.2, 0) is 0 Å². The molecule has 0 fully saturated rings. The van der Waals surface area contributed by atoms with Gasteiger partial charge in [0.2, 0.25) is 0 Å². The summed E-state index contributed by atoms with van der Waals surface area (Å²) in [5.74, 6) is 0. The second-order valence-corrected chi connectivity index (χ2v) is 3.25. The summed E-state index contributed by atoms with van der Waals surface area (Å²) in [5.41, 5.74) is 5.70. The first-order valence-corrected chi connectivity index (χ1v) is 4.39. The second kappa shape index (κ2) is 2.35. The highest BCUT2D eigenvalue weighted by atomic mass is 14.1. The van der Waals surface area contributed by atoms with E-state index in [-0.39, 0.29) is 0 Å². The highest BCUT2D eigenvalue weighted by molar-refractivity contribution is 5.99. The first kappa shape index (κ1) is 6.71. The average Bonchev–Trinajstić information content (AvgIpc) is 2.19. The third kappa shape index (κ3) is 0.867. The molecule has 0 heteroatoms. The van der Waals surface area contributed by atoms with Gasteiger partial charge >= 0.3 is 0 Å². The van der Waals surface area contributed by atoms with Gasteiger partial charge in [-0.1, -0.05) is 36.4 Å². The Morgan fingerprint density at radius 1 is 0.769 bits per heavy atom. The molecule has 0 nitrogen and oxygen atoms in total. The molecule has 0 aromatic heterocycles. The summed E-state index contributed by atoms with van der Waals surface area (Å²) < 4.78 is 0. The molecule has 0 amide bonds. The minimum absolute atomic E-state index is 1.27. The quantitative estimate of drug-likeness (QED) is 0.446. The second-order valence-electron chi connectivity index (χ2n) is 3.25. The average molecular weight is 164 g/mol. The molecule has 2 aromatic carbocycles. The van der Waals surface area contributed by atoms with E-state index in [0.29, 0.717) is 0 Å². The monoisotopic (exact) mass is 164 g/mol. The van der Waals surface area contributed by atoms with Crippen molar-refractivity contribution < 1.29 is 0 Å². The Bertz CT molecular complexity index is 498. The zero-order valence-electron chi connectivity index (χ0n) is 7.12. The maximum absolute atomic E-state index is 3.15. The molecule has 0 spiro atoms. The fourth-order valence-corrected chi connectivity index (χ4v) is 1.86. The number of benzene rings is 2. The summed E-state index contributed by atoms with van der Waals surface area (Å²) in [4.78, 5) is 0. The largest absolute Gasteiger partial charge is 0.120 e. The molecule has 0 heterocycles. The van der Waals surface area contributed by atoms with Gasteiger partial charge in [0, 0.05) is 0 Å². The molecule has 0 saturated heterocycles. The first-order chi connectivity index (χ1) is 6.45. The van der Waals surface area contributed by atoms with E-state index in [4.69, 9.17) is 0 Å². The molecule has 0 atom stereocenters. The Morgan fingerprint density at radius 3 is 2.00 bits per heavy atom. The number of rotatable bonds is 0. The van der Waals surface area contributed by atoms with Crippen LogP contribution in [0.4, 0.5) is 0 Å². The van der Waals surface area contributed by atoms with E-state index < -0.39 is 0 Å². The normalized spacial score (nSPS) is 12.3. The fourth-order valence-electron chi connectivity index (χ4n) is 1.86. The summed E-state index contributed by atoms with van der Waals surface area (Å²) in [7, 11) is 0. The molecule has 0 aliphatic heterocycles. The standard InChI is InChI=1S/C13H8/c1-4-10-6-2-8-12-9-3-7-11(5-1)13(10)12/h1-2,4-9H. The SMILES string of the molecule is C1=Cc2cccc3cccc(c23)C=1. The maximum atomic E-state index is 3.15. The van der Waals surface area contributed by atoms with Crippen molar-refractivity contribution in [3.8, 4) is 0 Å². The van der Waals surface area contributed by atoms with Gasteiger partial charge in [-0.2, -0.15) is 0 Å². The van der Waals surface area contributed by atoms with E-state index >= 15 is 0 Å². The molecule has 60 valence electrons. The lowest BCUT2D eigenvalue weighted by molar-refractivity contribution is 1.67. The lowest BCUT2D eigenvalue weighted by atomic mass is 9.97. The van der Waals surface area contributed by atoms with Gasteiger partial charge in [0.15, 0.2) is 0 Å². The molecule has 0 unspecified atom stereocenters. The van der Waals surface area contributed by atoms with Crippen LogP contribution < -0.4 is 0 Å². The Morgan fingerprint density at radius 2 is 1.38 bits per heavy atom. The molecule has 0 radical (unpaired) electrons. The Balaban J connectivity index is 2.62. The van der Waals surface area contributed by atoms with E-state index in [1.807, 2.05) is 12.2 Å². The lowest BCUT2D eigenvalue weighted by Crippen LogP contribution is -1.84. The molecule has 1 aliphatic rings. The molecule has 0 N–H and O–H groups in total. The van der Waals surface area contributed by atoms with Gasteiger partial charge in [-0.25, -0.2) is 0 Å². The van der Waals surface area contributed by atoms with Gasteiger partial charge in [-0.05, 0) is 34.1 Å². The zero-order chi connectivity index (χ0) is 8.67. The van der Waals surface area contributed by atoms with Crippen LogP contribution in [0.15, 0.2) is 42.1 Å². The van der Waals surface area contributed by atoms with E-state index in [9.17, 15) is 0 Å². The zero-order valence-corrected chi connectivity index (χ0v) is 7.12. The number of hydrogen-bond acceptors (Lipinski definition) is 0. The van der Waals surface area contributed by atoms with Crippen molar-refractivity contribution in [3.05, 3.63) is 53.3 Å². The van der Waals surface area contributed by atoms with Crippen LogP contribution in [0.25, 0.3) is 22.9 Å². The Labute approximate surface area is 76.8 Å². The van der Waals surface area contributed by atoms with E-state index in [2.05, 4.69) is 42.1 Å². The fraction of sp³-hybridized carbons (Fsp3) is 0. The van der Waals surface area contributed by atoms with Crippen molar-refractivity contribution in [1.29, 1.82) is 0 Å². The van der Waals surface area contributed by atoms with Crippen molar-refractivity contribution in [3.63, 3.8) is 0 Å². The van der Waals surface area contributed by atoms with Crippen LogP contribution in [0.2, 0.25) is 0 Å². The van der Waals surface area contributed by atoms with Gasteiger partial charge in [0.1, 0.15) is 0 Å². The summed E-state index contributed by atoms with van der Waals surface area (Å²) in [6, 6.07) is 12.7. The topological polar surface area (TPSA) is 0 Å². The molecule has 0 saturated carbocycles. The van der Waals surface area contributed by atoms with E-state index in [1.165, 1.54) is 21.9 Å². The van der Waals surface area contributed by atoms with Crippen molar-refractivity contribution in [2.45, 2.75) is 0 Å². The minimum atomic E-state index is 1.27. The molecular weight excluding hydrogens is 156 g/mol. The van der Waals surface area contributed by atoms with Crippen LogP contribution >= 0.6 is 0 Å². The van der Waals surface area contributed by atoms with Gasteiger partial charge in [-0.3, -0.25) is 0 Å².